The van der Waals surface area contributed by atoms with E-state index in [1.54, 1.807) is 11.1 Å². The SMILES string of the molecule is CCOC(=O)[C@]1(C(C)C)CCN(C(=O)c2cnn(C(C)(C)C)c2C)C1. The second kappa shape index (κ2) is 6.81. The molecule has 0 unspecified atom stereocenters. The van der Waals surface area contributed by atoms with Crippen LogP contribution in [-0.4, -0.2) is 46.3 Å². The van der Waals surface area contributed by atoms with Crippen LogP contribution in [0.25, 0.3) is 0 Å². The lowest BCUT2D eigenvalue weighted by atomic mass is 9.76. The van der Waals surface area contributed by atoms with Gasteiger partial charge in [0.15, 0.2) is 0 Å². The molecule has 2 heterocycles. The number of nitrogens with zero attached hydrogens (tertiary/aromatic N) is 3. The van der Waals surface area contributed by atoms with Gasteiger partial charge in [-0.15, -0.1) is 0 Å². The Morgan fingerprint density at radius 3 is 2.48 bits per heavy atom. The summed E-state index contributed by atoms with van der Waals surface area (Å²) in [4.78, 5) is 27.3. The van der Waals surface area contributed by atoms with Crippen LogP contribution in [0.4, 0.5) is 0 Å². The van der Waals surface area contributed by atoms with Crippen LogP contribution in [-0.2, 0) is 15.1 Å². The van der Waals surface area contributed by atoms with E-state index in [0.29, 0.717) is 31.7 Å². The van der Waals surface area contributed by atoms with Crippen LogP contribution in [0.15, 0.2) is 6.20 Å². The summed E-state index contributed by atoms with van der Waals surface area (Å²) in [5.41, 5.74) is 0.675. The van der Waals surface area contributed by atoms with Gasteiger partial charge >= 0.3 is 5.97 Å². The minimum atomic E-state index is -0.612. The zero-order chi connectivity index (χ0) is 19.0. The highest BCUT2D eigenvalue weighted by Crippen LogP contribution is 2.39. The Morgan fingerprint density at radius 2 is 2.00 bits per heavy atom. The van der Waals surface area contributed by atoms with E-state index in [9.17, 15) is 9.59 Å². The maximum Gasteiger partial charge on any atom is 0.314 e. The second-order valence-corrected chi connectivity index (χ2v) is 8.23. The molecule has 0 aliphatic carbocycles. The fourth-order valence-corrected chi connectivity index (χ4v) is 3.62. The van der Waals surface area contributed by atoms with Crippen molar-refractivity contribution in [1.82, 2.24) is 14.7 Å². The van der Waals surface area contributed by atoms with Crippen molar-refractivity contribution in [2.24, 2.45) is 11.3 Å². The summed E-state index contributed by atoms with van der Waals surface area (Å²) in [5, 5.41) is 4.39. The third-order valence-corrected chi connectivity index (χ3v) is 5.25. The van der Waals surface area contributed by atoms with E-state index < -0.39 is 5.41 Å². The first-order chi connectivity index (χ1) is 11.5. The molecule has 6 nitrogen and oxygen atoms in total. The van der Waals surface area contributed by atoms with Gasteiger partial charge in [0.1, 0.15) is 0 Å². The smallest absolute Gasteiger partial charge is 0.314 e. The number of rotatable bonds is 4. The molecular weight excluding hydrogens is 318 g/mol. The molecule has 1 amide bonds. The van der Waals surface area contributed by atoms with E-state index in [0.717, 1.165) is 5.69 Å². The number of hydrogen-bond donors (Lipinski definition) is 0. The monoisotopic (exact) mass is 349 g/mol. The highest BCUT2D eigenvalue weighted by atomic mass is 16.5. The van der Waals surface area contributed by atoms with E-state index in [4.69, 9.17) is 4.74 Å². The molecule has 1 saturated heterocycles. The van der Waals surface area contributed by atoms with Gasteiger partial charge in [-0.3, -0.25) is 14.3 Å². The van der Waals surface area contributed by atoms with E-state index in [-0.39, 0.29) is 23.3 Å². The van der Waals surface area contributed by atoms with Gasteiger partial charge in [0.25, 0.3) is 5.91 Å². The molecule has 0 aromatic carbocycles. The van der Waals surface area contributed by atoms with Crippen LogP contribution in [0.2, 0.25) is 0 Å². The quantitative estimate of drug-likeness (QED) is 0.784. The highest BCUT2D eigenvalue weighted by Gasteiger charge is 2.49. The van der Waals surface area contributed by atoms with Crippen molar-refractivity contribution in [3.05, 3.63) is 17.5 Å². The standard InChI is InChI=1S/C19H31N3O3/c1-8-25-17(24)19(13(2)3)9-10-21(12-19)16(23)15-11-20-22(14(15)4)18(5,6)7/h11,13H,8-10,12H2,1-7H3/t19-/m1/s1. The molecule has 25 heavy (non-hydrogen) atoms. The second-order valence-electron chi connectivity index (χ2n) is 8.23. The van der Waals surface area contributed by atoms with Crippen molar-refractivity contribution in [3.63, 3.8) is 0 Å². The van der Waals surface area contributed by atoms with Gasteiger partial charge in [0.05, 0.1) is 29.3 Å². The van der Waals surface area contributed by atoms with Crippen LogP contribution in [0.5, 0.6) is 0 Å². The van der Waals surface area contributed by atoms with Gasteiger partial charge in [-0.2, -0.15) is 5.10 Å². The van der Waals surface area contributed by atoms with Crippen molar-refractivity contribution in [1.29, 1.82) is 0 Å². The fourth-order valence-electron chi connectivity index (χ4n) is 3.62. The summed E-state index contributed by atoms with van der Waals surface area (Å²) in [6.07, 6.45) is 2.28. The molecule has 1 aromatic rings. The molecule has 1 fully saturated rings. The van der Waals surface area contributed by atoms with Gasteiger partial charge < -0.3 is 9.64 Å². The number of carbonyl (C=O) groups is 2. The number of aromatic nitrogens is 2. The Kier molecular flexibility index (Phi) is 5.30. The van der Waals surface area contributed by atoms with E-state index >= 15 is 0 Å². The summed E-state index contributed by atoms with van der Waals surface area (Å²) in [7, 11) is 0. The maximum absolute atomic E-state index is 13.0. The van der Waals surface area contributed by atoms with Crippen LogP contribution in [0, 0.1) is 18.3 Å². The third kappa shape index (κ3) is 3.44. The number of carbonyl (C=O) groups excluding carboxylic acids is 2. The maximum atomic E-state index is 13.0. The number of esters is 1. The van der Waals surface area contributed by atoms with Crippen molar-refractivity contribution in [2.45, 2.75) is 60.4 Å². The van der Waals surface area contributed by atoms with Gasteiger partial charge in [-0.25, -0.2) is 0 Å². The number of likely N-dealkylation sites (tertiary alicyclic amines) is 1. The van der Waals surface area contributed by atoms with Crippen molar-refractivity contribution in [3.8, 4) is 0 Å². The fraction of sp³-hybridized carbons (Fsp3) is 0.737. The van der Waals surface area contributed by atoms with Crippen LogP contribution in [0.1, 0.15) is 64.0 Å². The molecular formula is C19H31N3O3. The number of amides is 1. The first-order valence-corrected chi connectivity index (χ1v) is 9.06. The van der Waals surface area contributed by atoms with E-state index in [1.165, 1.54) is 0 Å². The van der Waals surface area contributed by atoms with Crippen LogP contribution >= 0.6 is 0 Å². The minimum absolute atomic E-state index is 0.0557. The van der Waals surface area contributed by atoms with Gasteiger partial charge in [0.2, 0.25) is 0 Å². The minimum Gasteiger partial charge on any atom is -0.466 e. The molecule has 140 valence electrons. The first kappa shape index (κ1) is 19.5. The molecule has 1 atom stereocenters. The largest absolute Gasteiger partial charge is 0.466 e. The van der Waals surface area contributed by atoms with Crippen molar-refractivity contribution < 1.29 is 14.3 Å². The Labute approximate surface area is 150 Å². The zero-order valence-electron chi connectivity index (χ0n) is 16.5. The summed E-state index contributed by atoms with van der Waals surface area (Å²) >= 11 is 0. The molecule has 0 N–H and O–H groups in total. The zero-order valence-corrected chi connectivity index (χ0v) is 16.5. The molecule has 0 bridgehead atoms. The normalized spacial score (nSPS) is 21.0. The lowest BCUT2D eigenvalue weighted by Gasteiger charge is -2.30. The number of ether oxygens (including phenoxy) is 1. The summed E-state index contributed by atoms with van der Waals surface area (Å²) in [5.74, 6) is -0.134. The predicted molar refractivity (Wildman–Crippen MR) is 96.4 cm³/mol. The lowest BCUT2D eigenvalue weighted by molar-refractivity contribution is -0.157. The molecule has 1 aliphatic heterocycles. The average Bonchev–Trinajstić information content (AvgIpc) is 3.11. The van der Waals surface area contributed by atoms with E-state index in [2.05, 4.69) is 25.9 Å². The highest BCUT2D eigenvalue weighted by molar-refractivity contribution is 5.96. The van der Waals surface area contributed by atoms with E-state index in [1.807, 2.05) is 32.4 Å². The van der Waals surface area contributed by atoms with Crippen molar-refractivity contribution >= 4 is 11.9 Å². The van der Waals surface area contributed by atoms with Gasteiger partial charge in [-0.05, 0) is 47.0 Å². The Hall–Kier alpha value is -1.85. The number of hydrogen-bond acceptors (Lipinski definition) is 4. The molecule has 0 spiro atoms. The summed E-state index contributed by atoms with van der Waals surface area (Å²) in [6.45, 7) is 15.3. The molecule has 1 aliphatic rings. The first-order valence-electron chi connectivity index (χ1n) is 9.06. The Bertz CT molecular complexity index is 657. The predicted octanol–water partition coefficient (Wildman–Crippen LogP) is 3.00. The van der Waals surface area contributed by atoms with Gasteiger partial charge in [0, 0.05) is 18.8 Å². The van der Waals surface area contributed by atoms with Crippen LogP contribution < -0.4 is 0 Å². The summed E-state index contributed by atoms with van der Waals surface area (Å²) < 4.78 is 7.18. The third-order valence-electron chi connectivity index (χ3n) is 5.25. The lowest BCUT2D eigenvalue weighted by Crippen LogP contribution is -2.42. The molecule has 2 rings (SSSR count). The van der Waals surface area contributed by atoms with Crippen LogP contribution in [0.3, 0.4) is 0 Å². The van der Waals surface area contributed by atoms with Gasteiger partial charge in [-0.1, -0.05) is 13.8 Å². The summed E-state index contributed by atoms with van der Waals surface area (Å²) in [6, 6.07) is 0. The molecule has 6 heteroatoms. The topological polar surface area (TPSA) is 64.4 Å². The Morgan fingerprint density at radius 1 is 1.36 bits per heavy atom. The van der Waals surface area contributed by atoms with Crippen molar-refractivity contribution in [2.75, 3.05) is 19.7 Å². The molecule has 0 radical (unpaired) electrons. The molecule has 0 saturated carbocycles. The Balaban J connectivity index is 2.25. The molecule has 1 aromatic heterocycles. The average molecular weight is 349 g/mol.